The van der Waals surface area contributed by atoms with Crippen LogP contribution in [0.4, 0.5) is 4.39 Å². The van der Waals surface area contributed by atoms with Crippen LogP contribution in [0.2, 0.25) is 0 Å². The second-order valence-electron chi connectivity index (χ2n) is 5.51. The van der Waals surface area contributed by atoms with Crippen LogP contribution in [0.1, 0.15) is 44.1 Å². The third-order valence-electron chi connectivity index (χ3n) is 3.68. The predicted octanol–water partition coefficient (Wildman–Crippen LogP) is 3.33. The molecule has 1 atom stereocenters. The van der Waals surface area contributed by atoms with E-state index in [0.717, 1.165) is 37.7 Å². The lowest BCUT2D eigenvalue weighted by atomic mass is 9.98. The third kappa shape index (κ3) is 5.47. The number of carbonyl (C=O) groups excluding carboxylic acids is 2. The molecule has 4 nitrogen and oxygen atoms in total. The Hall–Kier alpha value is -1.91. The molecule has 22 heavy (non-hydrogen) atoms. The fourth-order valence-electron chi connectivity index (χ4n) is 2.45. The maximum Gasteiger partial charge on any atom is 0.341 e. The van der Waals surface area contributed by atoms with E-state index >= 15 is 0 Å². The van der Waals surface area contributed by atoms with E-state index in [2.05, 4.69) is 0 Å². The molecule has 1 aliphatic rings. The highest BCUT2D eigenvalue weighted by atomic mass is 19.1. The molecule has 1 aromatic rings. The predicted molar refractivity (Wildman–Crippen MR) is 78.7 cm³/mol. The quantitative estimate of drug-likeness (QED) is 0.756. The summed E-state index contributed by atoms with van der Waals surface area (Å²) >= 11 is 0. The Morgan fingerprint density at radius 3 is 2.50 bits per heavy atom. The molecule has 0 N–H and O–H groups in total. The van der Waals surface area contributed by atoms with Gasteiger partial charge in [-0.3, -0.25) is 4.79 Å². The van der Waals surface area contributed by atoms with Gasteiger partial charge < -0.3 is 9.47 Å². The second kappa shape index (κ2) is 8.51. The number of hydrogen-bond acceptors (Lipinski definition) is 4. The largest absolute Gasteiger partial charge is 0.461 e. The van der Waals surface area contributed by atoms with Crippen LogP contribution in [0.5, 0.6) is 0 Å². The zero-order valence-corrected chi connectivity index (χ0v) is 12.5. The van der Waals surface area contributed by atoms with Gasteiger partial charge >= 0.3 is 11.9 Å². The van der Waals surface area contributed by atoms with Crippen LogP contribution in [0.3, 0.4) is 0 Å². The molecule has 0 heterocycles. The molecule has 1 fully saturated rings. The van der Waals surface area contributed by atoms with E-state index in [9.17, 15) is 14.0 Å². The number of benzene rings is 1. The number of alkyl halides is 1. The molecule has 0 unspecified atom stereocenters. The number of esters is 2. The summed E-state index contributed by atoms with van der Waals surface area (Å²) in [6.07, 6.45) is 1.90. The highest BCUT2D eigenvalue weighted by molar-refractivity contribution is 5.81. The average molecular weight is 308 g/mol. The summed E-state index contributed by atoms with van der Waals surface area (Å²) in [5, 5.41) is 0. The Bertz CT molecular complexity index is 483. The number of ether oxygens (including phenoxy) is 2. The van der Waals surface area contributed by atoms with Crippen molar-refractivity contribution in [3.8, 4) is 0 Å². The van der Waals surface area contributed by atoms with Gasteiger partial charge in [0.05, 0.1) is 6.42 Å². The van der Waals surface area contributed by atoms with Crippen molar-refractivity contribution >= 4 is 11.9 Å². The summed E-state index contributed by atoms with van der Waals surface area (Å²) in [5.41, 5.74) is 0.816. The Balaban J connectivity index is 1.69. The zero-order chi connectivity index (χ0) is 15.8. The van der Waals surface area contributed by atoms with Crippen molar-refractivity contribution < 1.29 is 23.5 Å². The van der Waals surface area contributed by atoms with Crippen LogP contribution in [0.25, 0.3) is 0 Å². The monoisotopic (exact) mass is 308 g/mol. The van der Waals surface area contributed by atoms with E-state index < -0.39 is 24.5 Å². The fourth-order valence-corrected chi connectivity index (χ4v) is 2.45. The number of halogens is 1. The molecule has 2 rings (SSSR count). The summed E-state index contributed by atoms with van der Waals surface area (Å²) in [6.45, 7) is 0.0735. The first-order valence-electron chi connectivity index (χ1n) is 7.69. The molecule has 0 saturated heterocycles. The maximum absolute atomic E-state index is 13.8. The number of carbonyl (C=O) groups is 2. The average Bonchev–Trinajstić information content (AvgIpc) is 2.55. The molecule has 0 aromatic heterocycles. The normalized spacial score (nSPS) is 16.8. The molecule has 1 aliphatic carbocycles. The van der Waals surface area contributed by atoms with Crippen LogP contribution < -0.4 is 0 Å². The molecule has 0 bridgehead atoms. The van der Waals surface area contributed by atoms with Crippen LogP contribution in [0, 0.1) is 0 Å². The van der Waals surface area contributed by atoms with Gasteiger partial charge in [0.2, 0.25) is 6.17 Å². The zero-order valence-electron chi connectivity index (χ0n) is 12.5. The van der Waals surface area contributed by atoms with Crippen molar-refractivity contribution in [2.75, 3.05) is 0 Å². The third-order valence-corrected chi connectivity index (χ3v) is 3.68. The Labute approximate surface area is 129 Å². The molecule has 0 radical (unpaired) electrons. The topological polar surface area (TPSA) is 52.6 Å². The lowest BCUT2D eigenvalue weighted by Gasteiger charge is -2.22. The van der Waals surface area contributed by atoms with Gasteiger partial charge in [-0.2, -0.15) is 0 Å². The minimum Gasteiger partial charge on any atom is -0.461 e. The summed E-state index contributed by atoms with van der Waals surface area (Å²) in [5.74, 6) is -1.69. The van der Waals surface area contributed by atoms with Crippen molar-refractivity contribution in [3.05, 3.63) is 35.9 Å². The standard InChI is InChI=1S/C17H21FO4/c18-15(17(20)22-14-9-5-2-6-10-14)11-16(19)21-12-13-7-3-1-4-8-13/h1,3-4,7-8,14-15H,2,5-6,9-12H2/t15-/m0/s1. The molecule has 1 aromatic carbocycles. The molecular weight excluding hydrogens is 287 g/mol. The first kappa shape index (κ1) is 16.5. The van der Waals surface area contributed by atoms with Crippen LogP contribution in [-0.2, 0) is 25.7 Å². The lowest BCUT2D eigenvalue weighted by molar-refractivity contribution is -0.161. The van der Waals surface area contributed by atoms with Gasteiger partial charge in [-0.1, -0.05) is 36.8 Å². The first-order valence-corrected chi connectivity index (χ1v) is 7.69. The molecule has 0 aliphatic heterocycles. The van der Waals surface area contributed by atoms with Crippen molar-refractivity contribution in [3.63, 3.8) is 0 Å². The van der Waals surface area contributed by atoms with Gasteiger partial charge in [0.15, 0.2) is 0 Å². The lowest BCUT2D eigenvalue weighted by Crippen LogP contribution is -2.28. The van der Waals surface area contributed by atoms with E-state index in [4.69, 9.17) is 9.47 Å². The Morgan fingerprint density at radius 1 is 1.14 bits per heavy atom. The van der Waals surface area contributed by atoms with Crippen LogP contribution in [-0.4, -0.2) is 24.2 Å². The van der Waals surface area contributed by atoms with Crippen molar-refractivity contribution in [2.45, 2.75) is 57.4 Å². The van der Waals surface area contributed by atoms with Gasteiger partial charge in [0.25, 0.3) is 0 Å². The molecule has 0 spiro atoms. The van der Waals surface area contributed by atoms with Crippen LogP contribution >= 0.6 is 0 Å². The number of rotatable bonds is 6. The Morgan fingerprint density at radius 2 is 1.82 bits per heavy atom. The molecule has 1 saturated carbocycles. The van der Waals surface area contributed by atoms with Crippen molar-refractivity contribution in [1.29, 1.82) is 0 Å². The molecule has 0 amide bonds. The van der Waals surface area contributed by atoms with Gasteiger partial charge in [-0.15, -0.1) is 0 Å². The molecule has 120 valence electrons. The van der Waals surface area contributed by atoms with Gasteiger partial charge in [0, 0.05) is 0 Å². The van der Waals surface area contributed by atoms with Crippen molar-refractivity contribution in [1.82, 2.24) is 0 Å². The van der Waals surface area contributed by atoms with Crippen LogP contribution in [0.15, 0.2) is 30.3 Å². The second-order valence-corrected chi connectivity index (χ2v) is 5.51. The summed E-state index contributed by atoms with van der Waals surface area (Å²) in [6, 6.07) is 9.10. The first-order chi connectivity index (χ1) is 10.6. The van der Waals surface area contributed by atoms with E-state index in [1.54, 1.807) is 12.1 Å². The maximum atomic E-state index is 13.8. The minimum atomic E-state index is -1.95. The molecular formula is C17H21FO4. The highest BCUT2D eigenvalue weighted by Gasteiger charge is 2.27. The summed E-state index contributed by atoms with van der Waals surface area (Å²) in [4.78, 5) is 23.2. The summed E-state index contributed by atoms with van der Waals surface area (Å²) < 4.78 is 23.8. The summed E-state index contributed by atoms with van der Waals surface area (Å²) in [7, 11) is 0. The smallest absolute Gasteiger partial charge is 0.341 e. The van der Waals surface area contributed by atoms with E-state index in [1.165, 1.54) is 0 Å². The highest BCUT2D eigenvalue weighted by Crippen LogP contribution is 2.21. The van der Waals surface area contributed by atoms with E-state index in [0.29, 0.717) is 0 Å². The molecule has 5 heteroatoms. The van der Waals surface area contributed by atoms with Gasteiger partial charge in [-0.25, -0.2) is 9.18 Å². The minimum absolute atomic E-state index is 0.0735. The van der Waals surface area contributed by atoms with Crippen molar-refractivity contribution in [2.24, 2.45) is 0 Å². The van der Waals surface area contributed by atoms with E-state index in [1.807, 2.05) is 18.2 Å². The van der Waals surface area contributed by atoms with Gasteiger partial charge in [0.1, 0.15) is 12.7 Å². The number of hydrogen-bond donors (Lipinski definition) is 0. The van der Waals surface area contributed by atoms with Gasteiger partial charge in [-0.05, 0) is 31.2 Å². The fraction of sp³-hybridized carbons (Fsp3) is 0.529. The van der Waals surface area contributed by atoms with E-state index in [-0.39, 0.29) is 12.7 Å². The Kier molecular flexibility index (Phi) is 6.37. The SMILES string of the molecule is O=C(C[C@H](F)C(=O)OC1CCCCC1)OCc1ccccc1.